The third kappa shape index (κ3) is 2.60. The van der Waals surface area contributed by atoms with Crippen molar-refractivity contribution in [2.75, 3.05) is 0 Å². The third-order valence-corrected chi connectivity index (χ3v) is 2.46. The Morgan fingerprint density at radius 2 is 2.00 bits per heavy atom. The van der Waals surface area contributed by atoms with Crippen LogP contribution >= 0.6 is 11.6 Å². The lowest BCUT2D eigenvalue weighted by molar-refractivity contribution is 0.141. The van der Waals surface area contributed by atoms with Crippen LogP contribution in [0.2, 0.25) is 5.02 Å². The molecule has 0 aliphatic rings. The molecule has 0 saturated heterocycles. The van der Waals surface area contributed by atoms with E-state index in [-0.39, 0.29) is 11.4 Å². The molecule has 0 radical (unpaired) electrons. The van der Waals surface area contributed by atoms with E-state index in [9.17, 15) is 8.78 Å². The second-order valence-corrected chi connectivity index (χ2v) is 3.86. The van der Waals surface area contributed by atoms with Crippen LogP contribution in [-0.4, -0.2) is 20.1 Å². The highest BCUT2D eigenvalue weighted by molar-refractivity contribution is 6.30. The van der Waals surface area contributed by atoms with E-state index in [0.717, 1.165) is 0 Å². The molecule has 0 unspecified atom stereocenters. The van der Waals surface area contributed by atoms with Crippen molar-refractivity contribution in [1.82, 2.24) is 15.0 Å². The number of hydrogen-bond acceptors (Lipinski definition) is 4. The molecular weight excluding hydrogens is 264 g/mol. The van der Waals surface area contributed by atoms with Crippen LogP contribution in [0.3, 0.4) is 0 Å². The van der Waals surface area contributed by atoms with E-state index >= 15 is 0 Å². The van der Waals surface area contributed by atoms with Crippen LogP contribution in [0, 0.1) is 0 Å². The summed E-state index contributed by atoms with van der Waals surface area (Å²) in [6, 6.07) is 3.10. The van der Waals surface area contributed by atoms with Gasteiger partial charge in [0, 0.05) is 18.0 Å². The first kappa shape index (κ1) is 12.8. The number of hydrogen-bond donors (Lipinski definition) is 1. The van der Waals surface area contributed by atoms with Gasteiger partial charge in [0.25, 0.3) is 6.43 Å². The summed E-state index contributed by atoms with van der Waals surface area (Å²) >= 11 is 5.67. The Bertz CT molecular complexity index is 548. The standard InChI is InChI=1S/C11H8ClF2N3O/c12-7-1-2-8(15-4-7)11-16-3-6(5-18)9(17-11)10(13)14/h1-4,10,18H,5H2. The summed E-state index contributed by atoms with van der Waals surface area (Å²) in [5.74, 6) is 0.0687. The number of aromatic nitrogens is 3. The number of rotatable bonds is 3. The molecule has 2 aromatic heterocycles. The molecule has 1 N–H and O–H groups in total. The quantitative estimate of drug-likeness (QED) is 0.932. The fourth-order valence-electron chi connectivity index (χ4n) is 1.36. The fraction of sp³-hybridized carbons (Fsp3) is 0.182. The zero-order chi connectivity index (χ0) is 13.1. The maximum Gasteiger partial charge on any atom is 0.280 e. The van der Waals surface area contributed by atoms with Gasteiger partial charge in [-0.1, -0.05) is 11.6 Å². The number of aliphatic hydroxyl groups is 1. The van der Waals surface area contributed by atoms with Crippen molar-refractivity contribution in [1.29, 1.82) is 0 Å². The van der Waals surface area contributed by atoms with E-state index in [1.807, 2.05) is 0 Å². The summed E-state index contributed by atoms with van der Waals surface area (Å²) in [6.45, 7) is -0.534. The molecule has 18 heavy (non-hydrogen) atoms. The van der Waals surface area contributed by atoms with Crippen LogP contribution in [0.4, 0.5) is 8.78 Å². The molecule has 0 aliphatic heterocycles. The molecule has 0 aromatic carbocycles. The van der Waals surface area contributed by atoms with Gasteiger partial charge in [0.2, 0.25) is 0 Å². The van der Waals surface area contributed by atoms with Crippen LogP contribution in [0.5, 0.6) is 0 Å². The van der Waals surface area contributed by atoms with E-state index < -0.39 is 18.7 Å². The van der Waals surface area contributed by atoms with Crippen molar-refractivity contribution in [2.24, 2.45) is 0 Å². The fourth-order valence-corrected chi connectivity index (χ4v) is 1.47. The van der Waals surface area contributed by atoms with Crippen molar-refractivity contribution in [3.05, 3.63) is 40.8 Å². The Balaban J connectivity index is 2.46. The van der Waals surface area contributed by atoms with E-state index in [1.165, 1.54) is 18.5 Å². The predicted molar refractivity (Wildman–Crippen MR) is 61.2 cm³/mol. The van der Waals surface area contributed by atoms with Gasteiger partial charge >= 0.3 is 0 Å². The zero-order valence-electron chi connectivity index (χ0n) is 9.02. The largest absolute Gasteiger partial charge is 0.392 e. The van der Waals surface area contributed by atoms with Crippen molar-refractivity contribution >= 4 is 11.6 Å². The van der Waals surface area contributed by atoms with E-state index in [4.69, 9.17) is 16.7 Å². The van der Waals surface area contributed by atoms with Crippen LogP contribution in [0.25, 0.3) is 11.5 Å². The molecular formula is C11H8ClF2N3O. The monoisotopic (exact) mass is 271 g/mol. The molecule has 7 heteroatoms. The Hall–Kier alpha value is -1.66. The zero-order valence-corrected chi connectivity index (χ0v) is 9.77. The Labute approximate surface area is 106 Å². The minimum Gasteiger partial charge on any atom is -0.392 e. The van der Waals surface area contributed by atoms with Gasteiger partial charge in [0.1, 0.15) is 11.4 Å². The van der Waals surface area contributed by atoms with E-state index in [2.05, 4.69) is 15.0 Å². The van der Waals surface area contributed by atoms with Crippen LogP contribution in [0.15, 0.2) is 24.5 Å². The van der Waals surface area contributed by atoms with E-state index in [0.29, 0.717) is 10.7 Å². The number of aliphatic hydroxyl groups excluding tert-OH is 1. The first-order valence-corrected chi connectivity index (χ1v) is 5.36. The van der Waals surface area contributed by atoms with Crippen LogP contribution in [0.1, 0.15) is 17.7 Å². The van der Waals surface area contributed by atoms with Gasteiger partial charge in [-0.05, 0) is 12.1 Å². The molecule has 0 aliphatic carbocycles. The first-order valence-electron chi connectivity index (χ1n) is 4.98. The lowest BCUT2D eigenvalue weighted by Crippen LogP contribution is -2.03. The van der Waals surface area contributed by atoms with Crippen molar-refractivity contribution < 1.29 is 13.9 Å². The molecule has 2 aromatic rings. The van der Waals surface area contributed by atoms with Crippen LogP contribution < -0.4 is 0 Å². The maximum absolute atomic E-state index is 12.7. The van der Waals surface area contributed by atoms with Gasteiger partial charge in [0.15, 0.2) is 5.82 Å². The minimum atomic E-state index is -2.78. The molecule has 94 valence electrons. The van der Waals surface area contributed by atoms with Gasteiger partial charge in [-0.15, -0.1) is 0 Å². The molecule has 0 bridgehead atoms. The SMILES string of the molecule is OCc1cnc(-c2ccc(Cl)cn2)nc1C(F)F. The summed E-state index contributed by atoms with van der Waals surface area (Å²) in [7, 11) is 0. The summed E-state index contributed by atoms with van der Waals surface area (Å²) in [5, 5.41) is 9.35. The molecule has 0 atom stereocenters. The highest BCUT2D eigenvalue weighted by Gasteiger charge is 2.17. The topological polar surface area (TPSA) is 58.9 Å². The molecule has 4 nitrogen and oxygen atoms in total. The van der Waals surface area contributed by atoms with E-state index in [1.54, 1.807) is 6.07 Å². The first-order chi connectivity index (χ1) is 8.61. The molecule has 2 heterocycles. The maximum atomic E-state index is 12.7. The number of pyridine rings is 1. The smallest absolute Gasteiger partial charge is 0.280 e. The third-order valence-electron chi connectivity index (χ3n) is 2.23. The van der Waals surface area contributed by atoms with Crippen molar-refractivity contribution in [3.63, 3.8) is 0 Å². The Morgan fingerprint density at radius 3 is 2.56 bits per heavy atom. The number of halogens is 3. The van der Waals surface area contributed by atoms with Gasteiger partial charge in [-0.3, -0.25) is 4.98 Å². The highest BCUT2D eigenvalue weighted by Crippen LogP contribution is 2.23. The Morgan fingerprint density at radius 1 is 1.22 bits per heavy atom. The highest BCUT2D eigenvalue weighted by atomic mass is 35.5. The number of nitrogens with zero attached hydrogens (tertiary/aromatic N) is 3. The Kier molecular flexibility index (Phi) is 3.78. The minimum absolute atomic E-state index is 0.00251. The summed E-state index contributed by atoms with van der Waals surface area (Å²) in [5.41, 5.74) is -0.146. The molecule has 0 saturated carbocycles. The second kappa shape index (κ2) is 5.32. The van der Waals surface area contributed by atoms with Gasteiger partial charge < -0.3 is 5.11 Å². The van der Waals surface area contributed by atoms with Crippen LogP contribution in [-0.2, 0) is 6.61 Å². The lowest BCUT2D eigenvalue weighted by Gasteiger charge is -2.07. The average Bonchev–Trinajstić information content (AvgIpc) is 2.39. The molecule has 0 spiro atoms. The normalized spacial score (nSPS) is 10.9. The number of alkyl halides is 2. The van der Waals surface area contributed by atoms with Crippen molar-refractivity contribution in [2.45, 2.75) is 13.0 Å². The summed E-state index contributed by atoms with van der Waals surface area (Å²) in [4.78, 5) is 11.5. The van der Waals surface area contributed by atoms with Crippen molar-refractivity contribution in [3.8, 4) is 11.5 Å². The lowest BCUT2D eigenvalue weighted by atomic mass is 10.2. The summed E-state index contributed by atoms with van der Waals surface area (Å²) in [6.07, 6.45) is -0.233. The van der Waals surface area contributed by atoms with Gasteiger partial charge in [-0.2, -0.15) is 0 Å². The van der Waals surface area contributed by atoms with Gasteiger partial charge in [-0.25, -0.2) is 18.7 Å². The molecule has 0 fully saturated rings. The van der Waals surface area contributed by atoms with Gasteiger partial charge in [0.05, 0.1) is 11.6 Å². The molecule has 2 rings (SSSR count). The predicted octanol–water partition coefficient (Wildman–Crippen LogP) is 2.62. The average molecular weight is 272 g/mol. The second-order valence-electron chi connectivity index (χ2n) is 3.42. The summed E-state index contributed by atoms with van der Waals surface area (Å²) < 4.78 is 25.5. The molecule has 0 amide bonds.